The van der Waals surface area contributed by atoms with Crippen LogP contribution in [0.4, 0.5) is 0 Å². The Labute approximate surface area is 217 Å². The van der Waals surface area contributed by atoms with E-state index in [1.54, 1.807) is 0 Å². The third kappa shape index (κ3) is 24.0. The lowest BCUT2D eigenvalue weighted by molar-refractivity contribution is 0.161. The fourth-order valence-electron chi connectivity index (χ4n) is 3.76. The topological polar surface area (TPSA) is 127 Å². The predicted molar refractivity (Wildman–Crippen MR) is 137 cm³/mol. The van der Waals surface area contributed by atoms with Gasteiger partial charge in [0.1, 0.15) is 0 Å². The second kappa shape index (κ2) is 20.4. The molecule has 0 spiro atoms. The summed E-state index contributed by atoms with van der Waals surface area (Å²) >= 11 is 12.8. The molecule has 0 fully saturated rings. The summed E-state index contributed by atoms with van der Waals surface area (Å²) in [5, 5.41) is -0.601. The Morgan fingerprint density at radius 2 is 1.15 bits per heavy atom. The van der Waals surface area contributed by atoms with E-state index in [0.717, 1.165) is 77.0 Å². The van der Waals surface area contributed by atoms with Gasteiger partial charge in [0.05, 0.1) is 18.1 Å². The maximum absolute atomic E-state index is 11.2. The molecule has 0 bridgehead atoms. The highest BCUT2D eigenvalue weighted by atomic mass is 35.5. The van der Waals surface area contributed by atoms with Gasteiger partial charge in [-0.15, -0.1) is 23.2 Å². The van der Waals surface area contributed by atoms with Crippen molar-refractivity contribution in [2.45, 2.75) is 133 Å². The Morgan fingerprint density at radius 1 is 0.647 bits per heavy atom. The third-order valence-corrected chi connectivity index (χ3v) is 7.53. The molecule has 8 nitrogen and oxygen atoms in total. The third-order valence-electron chi connectivity index (χ3n) is 5.64. The molecule has 3 unspecified atom stereocenters. The van der Waals surface area contributed by atoms with E-state index in [2.05, 4.69) is 11.1 Å². The highest BCUT2D eigenvalue weighted by molar-refractivity contribution is 7.81. The van der Waals surface area contributed by atoms with E-state index in [4.69, 9.17) is 36.5 Å². The van der Waals surface area contributed by atoms with Crippen molar-refractivity contribution in [2.24, 2.45) is 0 Å². The first-order valence-electron chi connectivity index (χ1n) is 12.5. The molecule has 2 N–H and O–H groups in total. The Hall–Kier alpha value is 0.320. The number of unbranched alkanes of at least 4 members (excludes halogenated alkanes) is 11. The first-order valence-corrected chi connectivity index (χ1v) is 16.1. The molecule has 0 aliphatic heterocycles. The van der Waals surface area contributed by atoms with E-state index in [9.17, 15) is 16.8 Å². The summed E-state index contributed by atoms with van der Waals surface area (Å²) in [7, 11) is -8.90. The van der Waals surface area contributed by atoms with E-state index in [1.807, 2.05) is 0 Å². The number of alkyl halides is 2. The van der Waals surface area contributed by atoms with Gasteiger partial charge in [0.25, 0.3) is 0 Å². The zero-order chi connectivity index (χ0) is 25.9. The molecule has 0 amide bonds. The fourth-order valence-corrected chi connectivity index (χ4v) is 5.30. The van der Waals surface area contributed by atoms with E-state index >= 15 is 0 Å². The average molecular weight is 572 g/mol. The average Bonchev–Trinajstić information content (AvgIpc) is 2.73. The minimum atomic E-state index is -4.57. The molecular weight excluding hydrogens is 527 g/mol. The van der Waals surface area contributed by atoms with Crippen LogP contribution in [0.5, 0.6) is 0 Å². The van der Waals surface area contributed by atoms with Crippen molar-refractivity contribution in [1.29, 1.82) is 0 Å². The van der Waals surface area contributed by atoms with Crippen molar-refractivity contribution in [3.05, 3.63) is 0 Å². The van der Waals surface area contributed by atoms with Crippen LogP contribution < -0.4 is 0 Å². The zero-order valence-electron chi connectivity index (χ0n) is 20.4. The van der Waals surface area contributed by atoms with Gasteiger partial charge in [0.15, 0.2) is 0 Å². The Morgan fingerprint density at radius 3 is 1.68 bits per heavy atom. The number of halogens is 2. The van der Waals surface area contributed by atoms with Gasteiger partial charge in [0, 0.05) is 5.38 Å². The second-order valence-electron chi connectivity index (χ2n) is 8.82. The van der Waals surface area contributed by atoms with E-state index < -0.39 is 32.3 Å². The molecule has 0 aromatic heterocycles. The van der Waals surface area contributed by atoms with Crippen molar-refractivity contribution in [3.8, 4) is 0 Å². The maximum atomic E-state index is 11.2. The van der Waals surface area contributed by atoms with Crippen molar-refractivity contribution < 1.29 is 34.3 Å². The van der Waals surface area contributed by atoms with Crippen LogP contribution in [-0.2, 0) is 29.2 Å². The molecule has 0 aliphatic rings. The first-order chi connectivity index (χ1) is 15.9. The summed E-state index contributed by atoms with van der Waals surface area (Å²) in [6.07, 6.45) is 14.7. The van der Waals surface area contributed by atoms with Crippen molar-refractivity contribution >= 4 is 44.0 Å². The van der Waals surface area contributed by atoms with Gasteiger partial charge in [-0.3, -0.25) is 9.11 Å². The molecule has 0 aromatic carbocycles. The SMILES string of the molecule is CCCCCCCC(Cl)C(CCC(Cl)CCCCCCCCCCOS(=O)(=O)O)OS(=O)(=O)O. The van der Waals surface area contributed by atoms with Crippen molar-refractivity contribution in [3.63, 3.8) is 0 Å². The summed E-state index contributed by atoms with van der Waals surface area (Å²) in [6.45, 7) is 2.15. The lowest BCUT2D eigenvalue weighted by Crippen LogP contribution is -2.28. The Balaban J connectivity index is 3.95. The molecule has 0 heterocycles. The Bertz CT molecular complexity index is 689. The van der Waals surface area contributed by atoms with Crippen LogP contribution in [0.15, 0.2) is 0 Å². The van der Waals surface area contributed by atoms with Crippen LogP contribution >= 0.6 is 23.2 Å². The highest BCUT2D eigenvalue weighted by Crippen LogP contribution is 2.24. The molecule has 12 heteroatoms. The van der Waals surface area contributed by atoms with Crippen LogP contribution in [0.1, 0.15) is 116 Å². The Kier molecular flexibility index (Phi) is 20.6. The zero-order valence-corrected chi connectivity index (χ0v) is 23.5. The first kappa shape index (κ1) is 34.3. The molecule has 34 heavy (non-hydrogen) atoms. The van der Waals surface area contributed by atoms with Gasteiger partial charge in [-0.25, -0.2) is 8.37 Å². The van der Waals surface area contributed by atoms with Crippen LogP contribution in [-0.4, -0.2) is 49.4 Å². The van der Waals surface area contributed by atoms with Crippen molar-refractivity contribution in [2.75, 3.05) is 6.61 Å². The molecule has 0 saturated heterocycles. The molecule has 0 saturated carbocycles. The monoisotopic (exact) mass is 570 g/mol. The van der Waals surface area contributed by atoms with E-state index in [1.165, 1.54) is 6.42 Å². The van der Waals surface area contributed by atoms with Crippen LogP contribution in [0, 0.1) is 0 Å². The molecule has 0 aliphatic carbocycles. The van der Waals surface area contributed by atoms with Crippen LogP contribution in [0.3, 0.4) is 0 Å². The molecule has 0 aromatic rings. The summed E-state index contributed by atoms with van der Waals surface area (Å²) in [4.78, 5) is 0. The van der Waals surface area contributed by atoms with Gasteiger partial charge >= 0.3 is 20.8 Å². The maximum Gasteiger partial charge on any atom is 0.397 e. The van der Waals surface area contributed by atoms with Crippen LogP contribution in [0.2, 0.25) is 0 Å². The van der Waals surface area contributed by atoms with E-state index in [-0.39, 0.29) is 12.0 Å². The van der Waals surface area contributed by atoms with Crippen LogP contribution in [0.25, 0.3) is 0 Å². The molecular formula is C22H44Cl2O8S2. The molecule has 206 valence electrons. The highest BCUT2D eigenvalue weighted by Gasteiger charge is 2.26. The summed E-state index contributed by atoms with van der Waals surface area (Å²) in [5.74, 6) is 0. The quantitative estimate of drug-likeness (QED) is 0.0731. The van der Waals surface area contributed by atoms with Crippen molar-refractivity contribution in [1.82, 2.24) is 0 Å². The molecule has 0 radical (unpaired) electrons. The summed E-state index contributed by atoms with van der Waals surface area (Å²) in [5.41, 5.74) is 0. The summed E-state index contributed by atoms with van der Waals surface area (Å²) < 4.78 is 69.9. The number of rotatable bonds is 24. The summed E-state index contributed by atoms with van der Waals surface area (Å²) in [6, 6.07) is 0. The second-order valence-corrected chi connectivity index (χ2v) is 12.1. The standard InChI is InChI=1S/C22H44Cl2O8S2/c1-2-3-4-9-13-16-21(24)22(32-34(28,29)30)18-17-20(23)15-12-10-7-5-6-8-11-14-19-31-33(25,26)27/h20-22H,2-19H2,1H3,(H,25,26,27)(H,28,29,30). The van der Waals surface area contributed by atoms with Gasteiger partial charge < -0.3 is 0 Å². The largest absolute Gasteiger partial charge is 0.397 e. The predicted octanol–water partition coefficient (Wildman–Crippen LogP) is 6.86. The van der Waals surface area contributed by atoms with Gasteiger partial charge in [-0.2, -0.15) is 16.8 Å². The normalized spacial score (nSPS) is 15.3. The fraction of sp³-hybridized carbons (Fsp3) is 1.00. The smallest absolute Gasteiger partial charge is 0.264 e. The minimum Gasteiger partial charge on any atom is -0.264 e. The van der Waals surface area contributed by atoms with E-state index in [0.29, 0.717) is 25.7 Å². The van der Waals surface area contributed by atoms with Gasteiger partial charge in [-0.1, -0.05) is 84.0 Å². The van der Waals surface area contributed by atoms with Gasteiger partial charge in [0.2, 0.25) is 0 Å². The lowest BCUT2D eigenvalue weighted by Gasteiger charge is -2.22. The molecule has 3 atom stereocenters. The number of hydrogen-bond acceptors (Lipinski definition) is 6. The molecule has 0 rings (SSSR count). The number of hydrogen-bond donors (Lipinski definition) is 2. The van der Waals surface area contributed by atoms with Gasteiger partial charge in [-0.05, 0) is 32.1 Å². The minimum absolute atomic E-state index is 0.00942. The lowest BCUT2D eigenvalue weighted by atomic mass is 10.0.